The van der Waals surface area contributed by atoms with Crippen LogP contribution in [-0.2, 0) is 28.7 Å². The molecule has 0 bridgehead atoms. The van der Waals surface area contributed by atoms with E-state index in [2.05, 4.69) is 15.4 Å². The van der Waals surface area contributed by atoms with Gasteiger partial charge < -0.3 is 34.4 Å². The number of piperidine rings is 1. The summed E-state index contributed by atoms with van der Waals surface area (Å²) in [7, 11) is 0. The molecule has 0 atom stereocenters. The van der Waals surface area contributed by atoms with E-state index in [9.17, 15) is 32.7 Å². The number of aromatic hydroxyl groups is 1. The standard InChI is InChI=1S/C33H35ClF3N9O5/c1-2-23-27(42-12-14-43(15-13-42)28(49)26-24(47)4-3-9-38-26)29(50)46-31(40-30(41-46)44-10-7-32(8-11-44)18-51-19-32)45(23)17-25(48)39-22-6-5-20(16-21(22)34)33(35,36)37/h3-6,9,16,47H,2,7-8,10-15,17-19H2,1H3,(H,39,48). The Morgan fingerprint density at radius 2 is 1.78 bits per heavy atom. The van der Waals surface area contributed by atoms with Gasteiger partial charge in [-0.1, -0.05) is 18.5 Å². The first-order valence-electron chi connectivity index (χ1n) is 16.6. The maximum atomic E-state index is 14.3. The lowest BCUT2D eigenvalue weighted by Gasteiger charge is -2.47. The molecule has 2 N–H and O–H groups in total. The summed E-state index contributed by atoms with van der Waals surface area (Å²) in [6.45, 7) is 5.22. The average Bonchev–Trinajstić information content (AvgIpc) is 3.55. The van der Waals surface area contributed by atoms with Crippen molar-refractivity contribution in [2.45, 2.75) is 38.9 Å². The molecule has 0 saturated carbocycles. The van der Waals surface area contributed by atoms with Crippen molar-refractivity contribution in [3.05, 3.63) is 68.9 Å². The topological polar surface area (TPSA) is 150 Å². The number of piperazine rings is 1. The summed E-state index contributed by atoms with van der Waals surface area (Å²) < 4.78 is 47.9. The van der Waals surface area contributed by atoms with Gasteiger partial charge in [-0.15, -0.1) is 5.10 Å². The van der Waals surface area contributed by atoms with Gasteiger partial charge in [0.1, 0.15) is 18.0 Å². The molecule has 4 aromatic rings. The number of hydrogen-bond donors (Lipinski definition) is 2. The van der Waals surface area contributed by atoms with Gasteiger partial charge >= 0.3 is 6.18 Å². The minimum absolute atomic E-state index is 0.00545. The number of nitrogens with zero attached hydrogens (tertiary/aromatic N) is 8. The molecule has 51 heavy (non-hydrogen) atoms. The maximum absolute atomic E-state index is 14.3. The molecule has 3 fully saturated rings. The van der Waals surface area contributed by atoms with E-state index in [-0.39, 0.29) is 66.1 Å². The molecule has 0 aliphatic carbocycles. The Bertz CT molecular complexity index is 2050. The Labute approximate surface area is 294 Å². The maximum Gasteiger partial charge on any atom is 0.416 e. The predicted molar refractivity (Wildman–Crippen MR) is 180 cm³/mol. The summed E-state index contributed by atoms with van der Waals surface area (Å²) in [5, 5.41) is 17.1. The lowest BCUT2D eigenvalue weighted by molar-refractivity contribution is -0.137. The highest BCUT2D eigenvalue weighted by Gasteiger charge is 2.42. The van der Waals surface area contributed by atoms with E-state index in [0.29, 0.717) is 50.1 Å². The van der Waals surface area contributed by atoms with Crippen LogP contribution >= 0.6 is 11.6 Å². The molecule has 0 radical (unpaired) electrons. The summed E-state index contributed by atoms with van der Waals surface area (Å²) >= 11 is 6.13. The lowest BCUT2D eigenvalue weighted by Crippen LogP contribution is -2.51. The molecule has 1 aromatic carbocycles. The van der Waals surface area contributed by atoms with Crippen molar-refractivity contribution in [2.24, 2.45) is 5.41 Å². The zero-order chi connectivity index (χ0) is 36.1. The molecular weight excluding hydrogens is 695 g/mol. The third-order valence-corrected chi connectivity index (χ3v) is 10.1. The van der Waals surface area contributed by atoms with E-state index < -0.39 is 29.1 Å². The molecule has 3 aliphatic rings. The van der Waals surface area contributed by atoms with Crippen LogP contribution in [-0.4, -0.2) is 98.5 Å². The van der Waals surface area contributed by atoms with Gasteiger partial charge in [0, 0.05) is 50.9 Å². The number of benzene rings is 1. The number of halogens is 4. The van der Waals surface area contributed by atoms with Crippen LogP contribution in [0.3, 0.4) is 0 Å². The molecule has 3 saturated heterocycles. The van der Waals surface area contributed by atoms with E-state index in [0.717, 1.165) is 31.0 Å². The number of anilines is 3. The van der Waals surface area contributed by atoms with Crippen LogP contribution in [0.2, 0.25) is 5.02 Å². The summed E-state index contributed by atoms with van der Waals surface area (Å²) in [6.07, 6.45) is -1.11. The van der Waals surface area contributed by atoms with Crippen LogP contribution in [0.25, 0.3) is 5.78 Å². The highest BCUT2D eigenvalue weighted by molar-refractivity contribution is 6.33. The van der Waals surface area contributed by atoms with Crippen LogP contribution in [0.15, 0.2) is 41.3 Å². The highest BCUT2D eigenvalue weighted by atomic mass is 35.5. The number of carbonyl (C=O) groups excluding carboxylic acids is 2. The zero-order valence-corrected chi connectivity index (χ0v) is 28.4. The number of alkyl halides is 3. The molecule has 3 aromatic heterocycles. The van der Waals surface area contributed by atoms with E-state index in [4.69, 9.17) is 21.3 Å². The molecule has 2 amide bonds. The SMILES string of the molecule is CCc1c(N2CCN(C(=O)c3ncccc3O)CC2)c(=O)n2nc(N3CCC4(CC3)COC4)nc2n1CC(=O)Nc1ccc(C(F)(F)F)cc1Cl. The molecule has 6 heterocycles. The van der Waals surface area contributed by atoms with E-state index in [1.807, 2.05) is 16.7 Å². The first-order chi connectivity index (χ1) is 24.4. The number of pyridine rings is 1. The van der Waals surface area contributed by atoms with Crippen LogP contribution < -0.4 is 20.7 Å². The molecule has 3 aliphatic heterocycles. The minimum atomic E-state index is -4.61. The number of carbonyl (C=O) groups is 2. The van der Waals surface area contributed by atoms with Crippen molar-refractivity contribution in [2.75, 3.05) is 67.6 Å². The van der Waals surface area contributed by atoms with Gasteiger partial charge in [-0.3, -0.25) is 14.4 Å². The molecule has 1 spiro atoms. The van der Waals surface area contributed by atoms with Gasteiger partial charge in [0.25, 0.3) is 11.5 Å². The van der Waals surface area contributed by atoms with Crippen LogP contribution in [0.4, 0.5) is 30.5 Å². The van der Waals surface area contributed by atoms with Gasteiger partial charge in [0.2, 0.25) is 17.6 Å². The third kappa shape index (κ3) is 6.55. The summed E-state index contributed by atoms with van der Waals surface area (Å²) in [6, 6.07) is 5.58. The van der Waals surface area contributed by atoms with Gasteiger partial charge in [-0.2, -0.15) is 22.7 Å². The van der Waals surface area contributed by atoms with Crippen molar-refractivity contribution in [1.29, 1.82) is 0 Å². The predicted octanol–water partition coefficient (Wildman–Crippen LogP) is 3.44. The van der Waals surface area contributed by atoms with Gasteiger partial charge in [0.05, 0.1) is 35.2 Å². The second-order valence-electron chi connectivity index (χ2n) is 13.0. The van der Waals surface area contributed by atoms with Crippen LogP contribution in [0.5, 0.6) is 5.75 Å². The van der Waals surface area contributed by atoms with E-state index >= 15 is 0 Å². The number of amides is 2. The first kappa shape index (κ1) is 34.5. The van der Waals surface area contributed by atoms with E-state index in [1.165, 1.54) is 22.8 Å². The molecule has 270 valence electrons. The molecular formula is C33H35ClF3N9O5. The highest BCUT2D eigenvalue weighted by Crippen LogP contribution is 2.39. The van der Waals surface area contributed by atoms with Crippen LogP contribution in [0, 0.1) is 5.41 Å². The molecule has 18 heteroatoms. The number of rotatable bonds is 7. The molecule has 0 unspecified atom stereocenters. The Balaban J connectivity index is 1.21. The van der Waals surface area contributed by atoms with Gasteiger partial charge in [-0.05, 0) is 49.6 Å². The fraction of sp³-hybridized carbons (Fsp3) is 0.455. The quantitative estimate of drug-likeness (QED) is 0.290. The zero-order valence-electron chi connectivity index (χ0n) is 27.6. The summed E-state index contributed by atoms with van der Waals surface area (Å²) in [4.78, 5) is 55.1. The van der Waals surface area contributed by atoms with Crippen molar-refractivity contribution >= 4 is 46.5 Å². The average molecular weight is 730 g/mol. The van der Waals surface area contributed by atoms with Gasteiger partial charge in [0.15, 0.2) is 5.69 Å². The number of ether oxygens (including phenoxy) is 1. The van der Waals surface area contributed by atoms with Crippen LogP contribution in [0.1, 0.15) is 41.5 Å². The Hall–Kier alpha value is -4.90. The smallest absolute Gasteiger partial charge is 0.416 e. The summed E-state index contributed by atoms with van der Waals surface area (Å²) in [5.74, 6) is -0.798. The molecule has 14 nitrogen and oxygen atoms in total. The number of hydrogen-bond acceptors (Lipinski definition) is 10. The summed E-state index contributed by atoms with van der Waals surface area (Å²) in [5.41, 5.74) is -0.524. The second kappa shape index (κ2) is 13.3. The third-order valence-electron chi connectivity index (χ3n) is 9.82. The van der Waals surface area contributed by atoms with Gasteiger partial charge in [-0.25, -0.2) is 4.98 Å². The Kier molecular flexibility index (Phi) is 9.03. The normalized spacial score (nSPS) is 17.5. The van der Waals surface area contributed by atoms with Crippen molar-refractivity contribution in [3.63, 3.8) is 0 Å². The monoisotopic (exact) mass is 729 g/mol. The van der Waals surface area contributed by atoms with E-state index in [1.54, 1.807) is 9.47 Å². The fourth-order valence-electron chi connectivity index (χ4n) is 6.88. The number of nitrogens with one attached hydrogen (secondary N) is 1. The minimum Gasteiger partial charge on any atom is -0.505 e. The first-order valence-corrected chi connectivity index (χ1v) is 17.0. The van der Waals surface area contributed by atoms with Crippen molar-refractivity contribution < 1.29 is 32.6 Å². The lowest BCUT2D eigenvalue weighted by atomic mass is 9.77. The van der Waals surface area contributed by atoms with Crippen molar-refractivity contribution in [1.82, 2.24) is 29.0 Å². The fourth-order valence-corrected chi connectivity index (χ4v) is 7.11. The van der Waals surface area contributed by atoms with Crippen molar-refractivity contribution in [3.8, 4) is 5.75 Å². The largest absolute Gasteiger partial charge is 0.505 e. The Morgan fingerprint density at radius 3 is 2.39 bits per heavy atom. The number of fused-ring (bicyclic) bond motifs is 1. The second-order valence-corrected chi connectivity index (χ2v) is 13.4. The number of aromatic nitrogens is 5. The Morgan fingerprint density at radius 1 is 1.06 bits per heavy atom. The molecule has 7 rings (SSSR count).